The van der Waals surface area contributed by atoms with Gasteiger partial charge in [-0.25, -0.2) is 0 Å². The highest BCUT2D eigenvalue weighted by Gasteiger charge is 2.04. The normalized spacial score (nSPS) is 11.1. The predicted molar refractivity (Wildman–Crippen MR) is 70.6 cm³/mol. The standard InChI is InChI=1S/C11H12N4S/c1-7-9(6-13-15-11(12)16)8-4-2-3-5-10(8)14-7/h2-6,14H,1H3,(H3,12,15,16)/b13-6+. The number of nitrogens with one attached hydrogen (secondary N) is 2. The number of hydrogen-bond acceptors (Lipinski definition) is 2. The lowest BCUT2D eigenvalue weighted by Crippen LogP contribution is -2.24. The van der Waals surface area contributed by atoms with Crippen LogP contribution in [0.5, 0.6) is 0 Å². The molecule has 0 aliphatic heterocycles. The van der Waals surface area contributed by atoms with E-state index in [1.54, 1.807) is 6.21 Å². The van der Waals surface area contributed by atoms with Crippen LogP contribution < -0.4 is 11.2 Å². The van der Waals surface area contributed by atoms with E-state index in [2.05, 4.69) is 27.7 Å². The van der Waals surface area contributed by atoms with Crippen molar-refractivity contribution >= 4 is 34.4 Å². The first-order valence-electron chi connectivity index (χ1n) is 4.84. The van der Waals surface area contributed by atoms with Crippen LogP contribution in [0.4, 0.5) is 0 Å². The van der Waals surface area contributed by atoms with Gasteiger partial charge in [-0.3, -0.25) is 5.43 Å². The number of thiocarbonyl (C=S) groups is 1. The number of aromatic nitrogens is 1. The van der Waals surface area contributed by atoms with Crippen molar-refractivity contribution in [3.8, 4) is 0 Å². The molecule has 0 aliphatic carbocycles. The Morgan fingerprint density at radius 3 is 3.00 bits per heavy atom. The third-order valence-corrected chi connectivity index (χ3v) is 2.40. The second-order valence-corrected chi connectivity index (χ2v) is 3.88. The fourth-order valence-electron chi connectivity index (χ4n) is 1.63. The molecule has 5 heteroatoms. The van der Waals surface area contributed by atoms with Gasteiger partial charge in [0.15, 0.2) is 5.11 Å². The van der Waals surface area contributed by atoms with Crippen LogP contribution in [0.1, 0.15) is 11.3 Å². The van der Waals surface area contributed by atoms with Gasteiger partial charge in [0.25, 0.3) is 0 Å². The van der Waals surface area contributed by atoms with Gasteiger partial charge in [0.1, 0.15) is 0 Å². The lowest BCUT2D eigenvalue weighted by molar-refractivity contribution is 1.04. The molecule has 0 amide bonds. The van der Waals surface area contributed by atoms with Gasteiger partial charge in [0, 0.05) is 22.2 Å². The Morgan fingerprint density at radius 2 is 2.25 bits per heavy atom. The molecule has 0 aliphatic rings. The van der Waals surface area contributed by atoms with E-state index in [0.29, 0.717) is 0 Å². The fourth-order valence-corrected chi connectivity index (χ4v) is 1.68. The molecule has 0 saturated heterocycles. The Balaban J connectivity index is 2.39. The molecule has 82 valence electrons. The number of nitrogens with zero attached hydrogens (tertiary/aromatic N) is 1. The summed E-state index contributed by atoms with van der Waals surface area (Å²) < 4.78 is 0. The summed E-state index contributed by atoms with van der Waals surface area (Å²) in [5.74, 6) is 0. The third-order valence-electron chi connectivity index (χ3n) is 2.31. The molecule has 1 heterocycles. The smallest absolute Gasteiger partial charge is 0.184 e. The molecule has 16 heavy (non-hydrogen) atoms. The molecule has 0 spiro atoms. The number of para-hydroxylation sites is 1. The summed E-state index contributed by atoms with van der Waals surface area (Å²) in [5.41, 5.74) is 11.0. The van der Waals surface area contributed by atoms with E-state index in [0.717, 1.165) is 22.2 Å². The van der Waals surface area contributed by atoms with Gasteiger partial charge in [-0.15, -0.1) is 0 Å². The first-order valence-corrected chi connectivity index (χ1v) is 5.25. The van der Waals surface area contributed by atoms with Gasteiger partial charge in [0.05, 0.1) is 6.21 Å². The van der Waals surface area contributed by atoms with Crippen molar-refractivity contribution in [1.82, 2.24) is 10.4 Å². The van der Waals surface area contributed by atoms with Gasteiger partial charge in [-0.1, -0.05) is 18.2 Å². The zero-order valence-corrected chi connectivity index (χ0v) is 9.64. The Morgan fingerprint density at radius 1 is 1.50 bits per heavy atom. The topological polar surface area (TPSA) is 66.2 Å². The van der Waals surface area contributed by atoms with E-state index in [-0.39, 0.29) is 5.11 Å². The van der Waals surface area contributed by atoms with Crippen LogP contribution in [0.15, 0.2) is 29.4 Å². The van der Waals surface area contributed by atoms with Gasteiger partial charge < -0.3 is 10.7 Å². The SMILES string of the molecule is Cc1[nH]c2ccccc2c1/C=N/NC(N)=S. The number of aryl methyl sites for hydroxylation is 1. The molecule has 2 aromatic rings. The van der Waals surface area contributed by atoms with Crippen LogP contribution in [0, 0.1) is 6.92 Å². The summed E-state index contributed by atoms with van der Waals surface area (Å²) in [5, 5.41) is 5.26. The zero-order valence-electron chi connectivity index (χ0n) is 8.82. The lowest BCUT2D eigenvalue weighted by Gasteiger charge is -1.95. The minimum atomic E-state index is 0.161. The Bertz CT molecular complexity index is 556. The molecule has 0 radical (unpaired) electrons. The molecule has 0 saturated carbocycles. The van der Waals surface area contributed by atoms with E-state index in [1.165, 1.54) is 0 Å². The molecule has 1 aromatic heterocycles. The van der Waals surface area contributed by atoms with Crippen LogP contribution >= 0.6 is 12.2 Å². The van der Waals surface area contributed by atoms with Crippen molar-refractivity contribution < 1.29 is 0 Å². The highest BCUT2D eigenvalue weighted by Crippen LogP contribution is 2.19. The number of hydrazone groups is 1. The Kier molecular flexibility index (Phi) is 2.87. The first kappa shape index (κ1) is 10.6. The van der Waals surface area contributed by atoms with Crippen molar-refractivity contribution in [2.24, 2.45) is 10.8 Å². The van der Waals surface area contributed by atoms with E-state index in [4.69, 9.17) is 5.73 Å². The quantitative estimate of drug-likeness (QED) is 0.419. The number of hydrogen-bond donors (Lipinski definition) is 3. The summed E-state index contributed by atoms with van der Waals surface area (Å²) in [6.45, 7) is 2.00. The highest BCUT2D eigenvalue weighted by molar-refractivity contribution is 7.80. The Labute approximate surface area is 98.5 Å². The second kappa shape index (κ2) is 4.32. The number of nitrogens with two attached hydrogens (primary N) is 1. The maximum absolute atomic E-state index is 5.28. The maximum Gasteiger partial charge on any atom is 0.184 e. The van der Waals surface area contributed by atoms with E-state index in [1.807, 2.05) is 31.2 Å². The lowest BCUT2D eigenvalue weighted by atomic mass is 10.1. The molecule has 4 N–H and O–H groups in total. The number of H-pyrrole nitrogens is 1. The van der Waals surface area contributed by atoms with Crippen molar-refractivity contribution in [3.63, 3.8) is 0 Å². The first-order chi connectivity index (χ1) is 7.68. The number of benzene rings is 1. The van der Waals surface area contributed by atoms with Crippen molar-refractivity contribution in [3.05, 3.63) is 35.5 Å². The van der Waals surface area contributed by atoms with Crippen molar-refractivity contribution in [2.75, 3.05) is 0 Å². The van der Waals surface area contributed by atoms with Gasteiger partial charge in [-0.05, 0) is 25.2 Å². The summed E-state index contributed by atoms with van der Waals surface area (Å²) in [6, 6.07) is 8.06. The number of fused-ring (bicyclic) bond motifs is 1. The van der Waals surface area contributed by atoms with Crippen LogP contribution in [0.3, 0.4) is 0 Å². The van der Waals surface area contributed by atoms with Gasteiger partial charge in [-0.2, -0.15) is 5.10 Å². The van der Waals surface area contributed by atoms with E-state index >= 15 is 0 Å². The summed E-state index contributed by atoms with van der Waals surface area (Å²) in [6.07, 6.45) is 1.72. The van der Waals surface area contributed by atoms with Crippen molar-refractivity contribution in [1.29, 1.82) is 0 Å². The van der Waals surface area contributed by atoms with E-state index in [9.17, 15) is 0 Å². The molecule has 2 rings (SSSR count). The average Bonchev–Trinajstić information content (AvgIpc) is 2.55. The summed E-state index contributed by atoms with van der Waals surface area (Å²) >= 11 is 4.66. The minimum absolute atomic E-state index is 0.161. The molecular formula is C11H12N4S. The monoisotopic (exact) mass is 232 g/mol. The van der Waals surface area contributed by atoms with E-state index < -0.39 is 0 Å². The molecule has 4 nitrogen and oxygen atoms in total. The number of aromatic amines is 1. The highest BCUT2D eigenvalue weighted by atomic mass is 32.1. The maximum atomic E-state index is 5.28. The van der Waals surface area contributed by atoms with Gasteiger partial charge >= 0.3 is 0 Å². The second-order valence-electron chi connectivity index (χ2n) is 3.44. The fraction of sp³-hybridized carbons (Fsp3) is 0.0909. The summed E-state index contributed by atoms with van der Waals surface area (Å²) in [7, 11) is 0. The third kappa shape index (κ3) is 2.04. The Hall–Kier alpha value is -1.88. The molecular weight excluding hydrogens is 220 g/mol. The zero-order chi connectivity index (χ0) is 11.5. The largest absolute Gasteiger partial charge is 0.375 e. The van der Waals surface area contributed by atoms with Crippen LogP contribution in [-0.4, -0.2) is 16.3 Å². The van der Waals surface area contributed by atoms with Crippen LogP contribution in [0.25, 0.3) is 10.9 Å². The molecule has 0 unspecified atom stereocenters. The van der Waals surface area contributed by atoms with Gasteiger partial charge in [0.2, 0.25) is 0 Å². The number of rotatable bonds is 2. The average molecular weight is 232 g/mol. The van der Waals surface area contributed by atoms with Crippen LogP contribution in [-0.2, 0) is 0 Å². The predicted octanol–water partition coefficient (Wildman–Crippen LogP) is 1.64. The minimum Gasteiger partial charge on any atom is -0.375 e. The molecule has 0 bridgehead atoms. The molecule has 0 fully saturated rings. The van der Waals surface area contributed by atoms with Crippen LogP contribution in [0.2, 0.25) is 0 Å². The molecule has 0 atom stereocenters. The van der Waals surface area contributed by atoms with Crippen molar-refractivity contribution in [2.45, 2.75) is 6.92 Å². The summed E-state index contributed by atoms with van der Waals surface area (Å²) in [4.78, 5) is 3.28. The molecule has 1 aromatic carbocycles.